The standard InChI is InChI=1S/C19H20F2N4O.C5H10.C2H2/c1-11(22)12(2)23-10-19-24-17-7-5-14(9-18(17)25(19)3)26-13-4-6-15(20)16(21)8-13;1-2-4-5-3-1;1-2/h4-9,12,23H,1,10,22H2,2-3H3;1-5H2;1-2H/t12-;;/m0../s1. The average Bonchev–Trinajstić information content (AvgIpc) is 3.49. The molecule has 3 N–H and O–H groups in total. The lowest BCUT2D eigenvalue weighted by Gasteiger charge is -2.12. The van der Waals surface area contributed by atoms with Crippen LogP contribution in [0.5, 0.6) is 11.5 Å². The number of rotatable bonds is 6. The van der Waals surface area contributed by atoms with E-state index < -0.39 is 11.6 Å². The zero-order chi connectivity index (χ0) is 24.4. The number of imidazole rings is 1. The van der Waals surface area contributed by atoms with Gasteiger partial charge in [-0.15, -0.1) is 12.8 Å². The first-order chi connectivity index (χ1) is 15.8. The molecule has 1 heterocycles. The van der Waals surface area contributed by atoms with Crippen LogP contribution in [0, 0.1) is 24.5 Å². The summed E-state index contributed by atoms with van der Waals surface area (Å²) in [5.41, 5.74) is 7.91. The highest BCUT2D eigenvalue weighted by molar-refractivity contribution is 5.77. The number of nitrogens with two attached hydrogens (primary N) is 1. The number of halogens is 2. The summed E-state index contributed by atoms with van der Waals surface area (Å²) in [5.74, 6) is -0.297. The Morgan fingerprint density at radius 2 is 1.67 bits per heavy atom. The summed E-state index contributed by atoms with van der Waals surface area (Å²) in [7, 11) is 1.90. The Balaban J connectivity index is 0.000000477. The molecular weight excluding hydrogens is 422 g/mol. The first-order valence-corrected chi connectivity index (χ1v) is 10.9. The third kappa shape index (κ3) is 7.33. The molecule has 1 aliphatic rings. The van der Waals surface area contributed by atoms with Gasteiger partial charge in [0.25, 0.3) is 0 Å². The number of benzene rings is 2. The van der Waals surface area contributed by atoms with E-state index in [-0.39, 0.29) is 11.8 Å². The summed E-state index contributed by atoms with van der Waals surface area (Å²) in [4.78, 5) is 4.58. The van der Waals surface area contributed by atoms with Gasteiger partial charge in [0.05, 0.1) is 17.6 Å². The second kappa shape index (κ2) is 12.6. The van der Waals surface area contributed by atoms with E-state index in [0.29, 0.717) is 18.0 Å². The second-order valence-electron chi connectivity index (χ2n) is 7.86. The molecule has 33 heavy (non-hydrogen) atoms. The van der Waals surface area contributed by atoms with Gasteiger partial charge in [-0.1, -0.05) is 38.7 Å². The van der Waals surface area contributed by atoms with Crippen LogP contribution in [-0.4, -0.2) is 15.6 Å². The minimum absolute atomic E-state index is 0.0259. The Morgan fingerprint density at radius 1 is 1.09 bits per heavy atom. The Kier molecular flexibility index (Phi) is 9.89. The second-order valence-corrected chi connectivity index (χ2v) is 7.86. The van der Waals surface area contributed by atoms with Crippen molar-refractivity contribution in [2.75, 3.05) is 0 Å². The molecular formula is C26H32F2N4O. The van der Waals surface area contributed by atoms with Crippen LogP contribution in [0.4, 0.5) is 8.78 Å². The van der Waals surface area contributed by atoms with Gasteiger partial charge in [-0.3, -0.25) is 0 Å². The smallest absolute Gasteiger partial charge is 0.162 e. The molecule has 1 saturated carbocycles. The fourth-order valence-electron chi connectivity index (χ4n) is 3.38. The van der Waals surface area contributed by atoms with Gasteiger partial charge in [-0.25, -0.2) is 13.8 Å². The quantitative estimate of drug-likeness (QED) is 0.463. The van der Waals surface area contributed by atoms with Crippen LogP contribution >= 0.6 is 0 Å². The van der Waals surface area contributed by atoms with Gasteiger partial charge >= 0.3 is 0 Å². The Morgan fingerprint density at radius 3 is 2.24 bits per heavy atom. The molecule has 0 amide bonds. The van der Waals surface area contributed by atoms with Gasteiger partial charge in [-0.05, 0) is 31.2 Å². The summed E-state index contributed by atoms with van der Waals surface area (Å²) >= 11 is 0. The summed E-state index contributed by atoms with van der Waals surface area (Å²) < 4.78 is 33.9. The van der Waals surface area contributed by atoms with E-state index in [9.17, 15) is 8.78 Å². The number of hydrogen-bond donors (Lipinski definition) is 2. The van der Waals surface area contributed by atoms with Crippen molar-refractivity contribution in [2.45, 2.75) is 51.6 Å². The number of aromatic nitrogens is 2. The molecule has 3 aromatic rings. The fourth-order valence-corrected chi connectivity index (χ4v) is 3.38. The Hall–Kier alpha value is -3.37. The van der Waals surface area contributed by atoms with E-state index >= 15 is 0 Å². The van der Waals surface area contributed by atoms with Gasteiger partial charge < -0.3 is 20.4 Å². The maximum Gasteiger partial charge on any atom is 0.162 e. The van der Waals surface area contributed by atoms with Crippen LogP contribution in [0.25, 0.3) is 11.0 Å². The number of ether oxygens (including phenoxy) is 1. The lowest BCUT2D eigenvalue weighted by Crippen LogP contribution is -2.31. The highest BCUT2D eigenvalue weighted by Crippen LogP contribution is 2.27. The largest absolute Gasteiger partial charge is 0.457 e. The van der Waals surface area contributed by atoms with E-state index in [0.717, 1.165) is 29.0 Å². The number of fused-ring (bicyclic) bond motifs is 1. The van der Waals surface area contributed by atoms with Crippen molar-refractivity contribution in [3.8, 4) is 24.3 Å². The molecule has 1 fully saturated rings. The van der Waals surface area contributed by atoms with Crippen LogP contribution in [0.1, 0.15) is 44.9 Å². The van der Waals surface area contributed by atoms with Crippen molar-refractivity contribution in [2.24, 2.45) is 12.8 Å². The van der Waals surface area contributed by atoms with E-state index in [2.05, 4.69) is 29.7 Å². The number of aryl methyl sites for hydroxylation is 1. The van der Waals surface area contributed by atoms with Crippen LogP contribution in [-0.2, 0) is 13.6 Å². The normalized spacial score (nSPS) is 13.4. The molecule has 0 spiro atoms. The molecule has 5 nitrogen and oxygen atoms in total. The minimum atomic E-state index is -0.951. The van der Waals surface area contributed by atoms with Crippen molar-refractivity contribution in [3.63, 3.8) is 0 Å². The average molecular weight is 455 g/mol. The van der Waals surface area contributed by atoms with Crippen molar-refractivity contribution in [3.05, 3.63) is 66.1 Å². The number of nitrogens with one attached hydrogen (secondary N) is 1. The predicted molar refractivity (Wildman–Crippen MR) is 130 cm³/mol. The summed E-state index contributed by atoms with van der Waals surface area (Å²) in [6.07, 6.45) is 15.5. The summed E-state index contributed by atoms with van der Waals surface area (Å²) in [6, 6.07) is 8.75. The molecule has 0 radical (unpaired) electrons. The molecule has 1 aromatic heterocycles. The molecule has 0 aliphatic heterocycles. The predicted octanol–water partition coefficient (Wildman–Crippen LogP) is 5.79. The lowest BCUT2D eigenvalue weighted by molar-refractivity contribution is 0.462. The molecule has 1 aliphatic carbocycles. The van der Waals surface area contributed by atoms with E-state index in [1.807, 2.05) is 24.6 Å². The first-order valence-electron chi connectivity index (χ1n) is 10.9. The van der Waals surface area contributed by atoms with Crippen LogP contribution in [0.2, 0.25) is 0 Å². The molecule has 0 saturated heterocycles. The van der Waals surface area contributed by atoms with Gasteiger partial charge in [0.2, 0.25) is 0 Å². The molecule has 0 bridgehead atoms. The summed E-state index contributed by atoms with van der Waals surface area (Å²) in [5, 5.41) is 3.25. The summed E-state index contributed by atoms with van der Waals surface area (Å²) in [6.45, 7) is 6.18. The molecule has 7 heteroatoms. The molecule has 176 valence electrons. The fraction of sp³-hybridized carbons (Fsp3) is 0.346. The van der Waals surface area contributed by atoms with Crippen LogP contribution < -0.4 is 15.8 Å². The van der Waals surface area contributed by atoms with Crippen molar-refractivity contribution >= 4 is 11.0 Å². The Bertz CT molecular complexity index is 1080. The highest BCUT2D eigenvalue weighted by atomic mass is 19.2. The van der Waals surface area contributed by atoms with E-state index in [4.69, 9.17) is 10.5 Å². The first kappa shape index (κ1) is 25.9. The van der Waals surface area contributed by atoms with Crippen molar-refractivity contribution < 1.29 is 13.5 Å². The third-order valence-corrected chi connectivity index (χ3v) is 5.44. The van der Waals surface area contributed by atoms with Crippen LogP contribution in [0.3, 0.4) is 0 Å². The molecule has 1 atom stereocenters. The van der Waals surface area contributed by atoms with Gasteiger partial charge in [0.1, 0.15) is 17.3 Å². The zero-order valence-electron chi connectivity index (χ0n) is 19.3. The zero-order valence-corrected chi connectivity index (χ0v) is 19.3. The number of hydrogen-bond acceptors (Lipinski definition) is 4. The maximum absolute atomic E-state index is 13.3. The lowest BCUT2D eigenvalue weighted by atomic mass is 10.3. The van der Waals surface area contributed by atoms with Gasteiger partial charge in [-0.2, -0.15) is 0 Å². The minimum Gasteiger partial charge on any atom is -0.457 e. The SMILES string of the molecule is C#C.C1CCCC1.C=C(N)[C@H](C)NCc1nc2ccc(Oc3ccc(F)c(F)c3)cc2n1C. The number of nitrogens with zero attached hydrogens (tertiary/aromatic N) is 2. The van der Waals surface area contributed by atoms with Crippen LogP contribution in [0.15, 0.2) is 48.7 Å². The third-order valence-electron chi connectivity index (χ3n) is 5.44. The van der Waals surface area contributed by atoms with Crippen molar-refractivity contribution in [1.29, 1.82) is 0 Å². The van der Waals surface area contributed by atoms with Crippen molar-refractivity contribution in [1.82, 2.24) is 14.9 Å². The molecule has 0 unspecified atom stereocenters. The maximum atomic E-state index is 13.3. The monoisotopic (exact) mass is 454 g/mol. The Labute approximate surface area is 194 Å². The van der Waals surface area contributed by atoms with Gasteiger partial charge in [0.15, 0.2) is 11.6 Å². The highest BCUT2D eigenvalue weighted by Gasteiger charge is 2.11. The molecule has 2 aromatic carbocycles. The topological polar surface area (TPSA) is 65.1 Å². The van der Waals surface area contributed by atoms with E-state index in [1.165, 1.54) is 38.2 Å². The van der Waals surface area contributed by atoms with Gasteiger partial charge in [0, 0.05) is 30.9 Å². The number of terminal acetylenes is 1. The molecule has 4 rings (SSSR count). The van der Waals surface area contributed by atoms with E-state index in [1.54, 1.807) is 12.1 Å².